The zero-order valence-corrected chi connectivity index (χ0v) is 23.0. The van der Waals surface area contributed by atoms with Crippen molar-refractivity contribution in [2.45, 2.75) is 113 Å². The number of carbonyl (C=O) groups excluding carboxylic acids is 2. The minimum atomic E-state index is -0.419. The van der Waals surface area contributed by atoms with Crippen molar-refractivity contribution in [2.24, 2.45) is 45.3 Å². The minimum absolute atomic E-state index is 0.0186. The number of Topliss-reactive ketones (excluding diaryl/α,β-unsaturated/α-hetero) is 2. The summed E-state index contributed by atoms with van der Waals surface area (Å²) < 4.78 is 0. The van der Waals surface area contributed by atoms with Gasteiger partial charge in [-0.25, -0.2) is 0 Å². The smallest absolute Gasteiger partial charge is 0.160 e. The standard InChI is InChI=1S/C31H48O3/c1-18(2)19(3)10-11-20(4)21-12-15-30(8)27-22(32)16-24-28(5,6)25(34)13-14-29(24,7)26(27)23(33)17-31(21,30)9/h18,20-21,24-25,34H,3,10-17H2,1-2,4-9H3/t20-,21-,24+,25+,29+,30+,31-/m1/s1. The summed E-state index contributed by atoms with van der Waals surface area (Å²) in [5, 5.41) is 10.8. The van der Waals surface area contributed by atoms with Gasteiger partial charge in [0.1, 0.15) is 0 Å². The number of carbonyl (C=O) groups is 2. The van der Waals surface area contributed by atoms with Crippen LogP contribution in [-0.2, 0) is 9.59 Å². The number of ketones is 2. The predicted molar refractivity (Wildman–Crippen MR) is 138 cm³/mol. The van der Waals surface area contributed by atoms with Gasteiger partial charge in [0.25, 0.3) is 0 Å². The Balaban J connectivity index is 1.74. The molecule has 3 heteroatoms. The first-order chi connectivity index (χ1) is 15.6. The summed E-state index contributed by atoms with van der Waals surface area (Å²) in [6.45, 7) is 22.1. The predicted octanol–water partition coefficient (Wildman–Crippen LogP) is 7.08. The van der Waals surface area contributed by atoms with E-state index in [2.05, 4.69) is 62.0 Å². The number of allylic oxidation sites excluding steroid dienone is 3. The van der Waals surface area contributed by atoms with E-state index in [4.69, 9.17) is 0 Å². The molecule has 0 unspecified atom stereocenters. The topological polar surface area (TPSA) is 54.4 Å². The lowest BCUT2D eigenvalue weighted by Gasteiger charge is -2.60. The van der Waals surface area contributed by atoms with E-state index in [-0.39, 0.29) is 39.1 Å². The van der Waals surface area contributed by atoms with E-state index in [1.807, 2.05) is 0 Å². The van der Waals surface area contributed by atoms with Crippen LogP contribution in [-0.4, -0.2) is 22.8 Å². The summed E-state index contributed by atoms with van der Waals surface area (Å²) in [4.78, 5) is 28.0. The molecule has 4 aliphatic carbocycles. The number of aliphatic hydroxyl groups is 1. The number of rotatable bonds is 5. The first kappa shape index (κ1) is 25.9. The molecule has 190 valence electrons. The van der Waals surface area contributed by atoms with Gasteiger partial charge in [0, 0.05) is 34.8 Å². The molecular weight excluding hydrogens is 420 g/mol. The summed E-state index contributed by atoms with van der Waals surface area (Å²) in [5.41, 5.74) is 1.96. The molecule has 1 N–H and O–H groups in total. The summed E-state index contributed by atoms with van der Waals surface area (Å²) in [7, 11) is 0. The van der Waals surface area contributed by atoms with Crippen molar-refractivity contribution >= 4 is 11.6 Å². The van der Waals surface area contributed by atoms with Gasteiger partial charge in [0.05, 0.1) is 6.10 Å². The molecule has 7 atom stereocenters. The van der Waals surface area contributed by atoms with Crippen molar-refractivity contribution in [1.82, 2.24) is 0 Å². The average molecular weight is 469 g/mol. The van der Waals surface area contributed by atoms with Crippen molar-refractivity contribution in [3.05, 3.63) is 23.3 Å². The summed E-state index contributed by atoms with van der Waals surface area (Å²) in [5.74, 6) is 1.87. The van der Waals surface area contributed by atoms with Gasteiger partial charge in [-0.15, -0.1) is 0 Å². The van der Waals surface area contributed by atoms with Crippen LogP contribution in [0.4, 0.5) is 0 Å². The third-order valence-electron chi connectivity index (χ3n) is 11.8. The highest BCUT2D eigenvalue weighted by Gasteiger charge is 2.67. The molecule has 0 aromatic heterocycles. The Morgan fingerprint density at radius 1 is 1.00 bits per heavy atom. The van der Waals surface area contributed by atoms with Crippen molar-refractivity contribution in [2.75, 3.05) is 0 Å². The zero-order valence-electron chi connectivity index (χ0n) is 23.0. The van der Waals surface area contributed by atoms with Gasteiger partial charge in [-0.1, -0.05) is 67.5 Å². The van der Waals surface area contributed by atoms with E-state index in [0.717, 1.165) is 43.3 Å². The molecule has 4 rings (SSSR count). The molecule has 4 aliphatic rings. The Labute approximate surface area is 207 Å². The molecule has 34 heavy (non-hydrogen) atoms. The second kappa shape index (κ2) is 8.15. The van der Waals surface area contributed by atoms with E-state index < -0.39 is 6.10 Å². The van der Waals surface area contributed by atoms with Crippen molar-refractivity contribution < 1.29 is 14.7 Å². The number of fused-ring (bicyclic) bond motifs is 4. The molecule has 0 spiro atoms. The monoisotopic (exact) mass is 468 g/mol. The van der Waals surface area contributed by atoms with E-state index in [1.165, 1.54) is 5.57 Å². The first-order valence-electron chi connectivity index (χ1n) is 13.8. The van der Waals surface area contributed by atoms with Gasteiger partial charge in [0.2, 0.25) is 0 Å². The van der Waals surface area contributed by atoms with Crippen LogP contribution in [0.15, 0.2) is 23.3 Å². The van der Waals surface area contributed by atoms with Crippen LogP contribution in [0.2, 0.25) is 0 Å². The van der Waals surface area contributed by atoms with Crippen LogP contribution in [0, 0.1) is 45.3 Å². The lowest BCUT2D eigenvalue weighted by atomic mass is 9.43. The van der Waals surface area contributed by atoms with Gasteiger partial charge in [-0.2, -0.15) is 0 Å². The van der Waals surface area contributed by atoms with Crippen LogP contribution in [0.1, 0.15) is 107 Å². The SMILES string of the molecule is C=C(CC[C@@H](C)[C@H]1CC[C@@]2(C)C3=C(C(=O)C[C@]12C)[C@@]1(C)CC[C@H](O)C(C)(C)[C@@H]1CC3=O)C(C)C. The quantitative estimate of drug-likeness (QED) is 0.438. The van der Waals surface area contributed by atoms with Gasteiger partial charge in [-0.3, -0.25) is 9.59 Å². The Hall–Kier alpha value is -1.22. The molecule has 0 amide bonds. The van der Waals surface area contributed by atoms with Crippen molar-refractivity contribution in [3.8, 4) is 0 Å². The summed E-state index contributed by atoms with van der Waals surface area (Å²) in [6, 6.07) is 0. The van der Waals surface area contributed by atoms with Crippen LogP contribution in [0.25, 0.3) is 0 Å². The van der Waals surface area contributed by atoms with Gasteiger partial charge < -0.3 is 5.11 Å². The largest absolute Gasteiger partial charge is 0.393 e. The average Bonchev–Trinajstić information content (AvgIpc) is 3.01. The Morgan fingerprint density at radius 2 is 1.65 bits per heavy atom. The van der Waals surface area contributed by atoms with Crippen molar-refractivity contribution in [3.63, 3.8) is 0 Å². The van der Waals surface area contributed by atoms with Gasteiger partial charge >= 0.3 is 0 Å². The third kappa shape index (κ3) is 3.39. The van der Waals surface area contributed by atoms with Gasteiger partial charge in [0.15, 0.2) is 11.6 Å². The molecule has 2 saturated carbocycles. The fourth-order valence-corrected chi connectivity index (χ4v) is 9.01. The number of hydrogen-bond donors (Lipinski definition) is 1. The molecule has 0 saturated heterocycles. The summed E-state index contributed by atoms with van der Waals surface area (Å²) in [6.07, 6.45) is 6.33. The first-order valence-corrected chi connectivity index (χ1v) is 13.8. The van der Waals surface area contributed by atoms with Crippen LogP contribution < -0.4 is 0 Å². The Morgan fingerprint density at radius 3 is 2.26 bits per heavy atom. The molecule has 0 heterocycles. The second-order valence-corrected chi connectivity index (χ2v) is 14.0. The molecule has 2 fully saturated rings. The maximum atomic E-state index is 14.1. The Kier molecular flexibility index (Phi) is 6.20. The maximum absolute atomic E-state index is 14.1. The van der Waals surface area contributed by atoms with E-state index >= 15 is 0 Å². The third-order valence-corrected chi connectivity index (χ3v) is 11.8. The number of aliphatic hydroxyl groups excluding tert-OH is 1. The van der Waals surface area contributed by atoms with E-state index in [1.54, 1.807) is 0 Å². The maximum Gasteiger partial charge on any atom is 0.160 e. The molecule has 0 aromatic rings. The van der Waals surface area contributed by atoms with E-state index in [9.17, 15) is 14.7 Å². The highest BCUT2D eigenvalue weighted by atomic mass is 16.3. The molecule has 0 radical (unpaired) electrons. The van der Waals surface area contributed by atoms with Crippen LogP contribution in [0.5, 0.6) is 0 Å². The fourth-order valence-electron chi connectivity index (χ4n) is 9.01. The molecule has 0 aliphatic heterocycles. The minimum Gasteiger partial charge on any atom is -0.393 e. The fraction of sp³-hybridized carbons (Fsp3) is 0.806. The molecule has 0 bridgehead atoms. The molecule has 0 aromatic carbocycles. The van der Waals surface area contributed by atoms with Crippen molar-refractivity contribution in [1.29, 1.82) is 0 Å². The second-order valence-electron chi connectivity index (χ2n) is 14.0. The van der Waals surface area contributed by atoms with E-state index in [0.29, 0.717) is 37.0 Å². The molecular formula is C31H48O3. The highest BCUT2D eigenvalue weighted by Crippen LogP contribution is 2.71. The zero-order chi connectivity index (χ0) is 25.4. The highest BCUT2D eigenvalue weighted by molar-refractivity contribution is 6.11. The number of hydrogen-bond acceptors (Lipinski definition) is 3. The summed E-state index contributed by atoms with van der Waals surface area (Å²) >= 11 is 0. The Bertz CT molecular complexity index is 938. The lowest BCUT2D eigenvalue weighted by Crippen LogP contribution is -2.59. The molecule has 3 nitrogen and oxygen atoms in total. The van der Waals surface area contributed by atoms with Crippen LogP contribution >= 0.6 is 0 Å². The van der Waals surface area contributed by atoms with Crippen LogP contribution in [0.3, 0.4) is 0 Å². The van der Waals surface area contributed by atoms with Gasteiger partial charge in [-0.05, 0) is 73.0 Å². The normalized spacial score (nSPS) is 42.4. The lowest BCUT2D eigenvalue weighted by molar-refractivity contribution is -0.141.